The van der Waals surface area contributed by atoms with E-state index in [-0.39, 0.29) is 17.5 Å². The van der Waals surface area contributed by atoms with Crippen LogP contribution >= 0.6 is 0 Å². The number of ether oxygens (including phenoxy) is 1. The highest BCUT2D eigenvalue weighted by Crippen LogP contribution is 2.24. The molecule has 0 aliphatic carbocycles. The van der Waals surface area contributed by atoms with Crippen LogP contribution in [0.5, 0.6) is 0 Å². The number of hydrogen-bond donors (Lipinski definition) is 2. The highest BCUT2D eigenvalue weighted by molar-refractivity contribution is 7.91. The molecule has 1 heterocycles. The van der Waals surface area contributed by atoms with Crippen molar-refractivity contribution in [2.45, 2.75) is 25.8 Å². The smallest absolute Gasteiger partial charge is 0.338 e. The van der Waals surface area contributed by atoms with Crippen LogP contribution in [0.1, 0.15) is 30.1 Å². The second kappa shape index (κ2) is 6.34. The van der Waals surface area contributed by atoms with Crippen molar-refractivity contribution >= 4 is 27.2 Å². The van der Waals surface area contributed by atoms with Gasteiger partial charge in [0.25, 0.3) is 0 Å². The highest BCUT2D eigenvalue weighted by Gasteiger charge is 2.24. The molecule has 0 radical (unpaired) electrons. The Morgan fingerprint density at radius 2 is 2.05 bits per heavy atom. The van der Waals surface area contributed by atoms with Crippen LogP contribution in [0.4, 0.5) is 11.4 Å². The molecule has 1 aromatic rings. The molecule has 7 heteroatoms. The molecule has 1 aliphatic rings. The van der Waals surface area contributed by atoms with Crippen LogP contribution in [0.15, 0.2) is 18.2 Å². The van der Waals surface area contributed by atoms with E-state index in [9.17, 15) is 13.2 Å². The van der Waals surface area contributed by atoms with Gasteiger partial charge in [-0.15, -0.1) is 0 Å². The summed E-state index contributed by atoms with van der Waals surface area (Å²) in [6, 6.07) is 4.96. The van der Waals surface area contributed by atoms with Crippen LogP contribution in [0, 0.1) is 0 Å². The fourth-order valence-electron chi connectivity index (χ4n) is 2.28. The van der Waals surface area contributed by atoms with Gasteiger partial charge in [0.15, 0.2) is 0 Å². The first kappa shape index (κ1) is 15.6. The molecule has 116 valence electrons. The van der Waals surface area contributed by atoms with Crippen molar-refractivity contribution in [1.29, 1.82) is 0 Å². The molecule has 0 bridgehead atoms. The van der Waals surface area contributed by atoms with Gasteiger partial charge in [-0.05, 0) is 38.0 Å². The minimum absolute atomic E-state index is 0.0493. The van der Waals surface area contributed by atoms with Crippen molar-refractivity contribution in [3.8, 4) is 0 Å². The summed E-state index contributed by atoms with van der Waals surface area (Å²) in [4.78, 5) is 11.7. The second-order valence-corrected chi connectivity index (χ2v) is 7.40. The zero-order chi connectivity index (χ0) is 15.5. The van der Waals surface area contributed by atoms with Crippen molar-refractivity contribution in [3.63, 3.8) is 0 Å². The molecule has 1 saturated heterocycles. The SMILES string of the molecule is CCOC(=O)c1ccc(N)c(NC2CCS(=O)(=O)CC2)c1. The van der Waals surface area contributed by atoms with E-state index in [4.69, 9.17) is 10.5 Å². The van der Waals surface area contributed by atoms with E-state index in [0.29, 0.717) is 36.4 Å². The summed E-state index contributed by atoms with van der Waals surface area (Å²) in [7, 11) is -2.89. The summed E-state index contributed by atoms with van der Waals surface area (Å²) in [5, 5.41) is 3.23. The second-order valence-electron chi connectivity index (χ2n) is 5.09. The monoisotopic (exact) mass is 312 g/mol. The Bertz CT molecular complexity index is 614. The number of carbonyl (C=O) groups is 1. The number of benzene rings is 1. The molecule has 0 aromatic heterocycles. The number of rotatable bonds is 4. The van der Waals surface area contributed by atoms with Crippen LogP contribution in [0.3, 0.4) is 0 Å². The average molecular weight is 312 g/mol. The number of anilines is 2. The van der Waals surface area contributed by atoms with Gasteiger partial charge in [0.2, 0.25) is 0 Å². The fraction of sp³-hybridized carbons (Fsp3) is 0.500. The summed E-state index contributed by atoms with van der Waals surface area (Å²) in [6.07, 6.45) is 1.09. The van der Waals surface area contributed by atoms with Crippen LogP contribution in [0.25, 0.3) is 0 Å². The van der Waals surface area contributed by atoms with Crippen molar-refractivity contribution in [2.24, 2.45) is 0 Å². The Labute approximate surface area is 124 Å². The molecule has 0 saturated carbocycles. The van der Waals surface area contributed by atoms with E-state index in [1.54, 1.807) is 25.1 Å². The molecule has 0 amide bonds. The summed E-state index contributed by atoms with van der Waals surface area (Å²) in [5.41, 5.74) is 7.50. The van der Waals surface area contributed by atoms with Gasteiger partial charge < -0.3 is 15.8 Å². The number of nitrogen functional groups attached to an aromatic ring is 1. The molecule has 6 nitrogen and oxygen atoms in total. The standard InChI is InChI=1S/C14H20N2O4S/c1-2-20-14(17)10-3-4-12(15)13(9-10)16-11-5-7-21(18,19)8-6-11/h3-4,9,11,16H,2,5-8,15H2,1H3. The van der Waals surface area contributed by atoms with Crippen molar-refractivity contribution in [3.05, 3.63) is 23.8 Å². The normalized spacial score (nSPS) is 18.1. The lowest BCUT2D eigenvalue weighted by Gasteiger charge is -2.25. The fourth-order valence-corrected chi connectivity index (χ4v) is 3.77. The average Bonchev–Trinajstić information content (AvgIpc) is 2.43. The maximum atomic E-state index is 11.7. The predicted molar refractivity (Wildman–Crippen MR) is 82.1 cm³/mol. The number of nitrogens with one attached hydrogen (secondary N) is 1. The molecule has 3 N–H and O–H groups in total. The molecule has 1 aliphatic heterocycles. The van der Waals surface area contributed by atoms with Gasteiger partial charge in [-0.1, -0.05) is 0 Å². The minimum Gasteiger partial charge on any atom is -0.462 e. The lowest BCUT2D eigenvalue weighted by atomic mass is 10.1. The summed E-state index contributed by atoms with van der Waals surface area (Å²) < 4.78 is 27.8. The van der Waals surface area contributed by atoms with E-state index in [2.05, 4.69) is 5.32 Å². The molecular weight excluding hydrogens is 292 g/mol. The van der Waals surface area contributed by atoms with Crippen LogP contribution in [0.2, 0.25) is 0 Å². The Balaban J connectivity index is 2.09. The topological polar surface area (TPSA) is 98.5 Å². The largest absolute Gasteiger partial charge is 0.462 e. The first-order chi connectivity index (χ1) is 9.91. The van der Waals surface area contributed by atoms with Crippen molar-refractivity contribution in [1.82, 2.24) is 0 Å². The molecule has 0 atom stereocenters. The zero-order valence-electron chi connectivity index (χ0n) is 12.0. The van der Waals surface area contributed by atoms with E-state index in [1.807, 2.05) is 0 Å². The molecular formula is C14H20N2O4S. The third kappa shape index (κ3) is 4.10. The van der Waals surface area contributed by atoms with E-state index < -0.39 is 15.8 Å². The molecule has 2 rings (SSSR count). The van der Waals surface area contributed by atoms with Crippen LogP contribution < -0.4 is 11.1 Å². The van der Waals surface area contributed by atoms with Gasteiger partial charge >= 0.3 is 5.97 Å². The van der Waals surface area contributed by atoms with Gasteiger partial charge in [-0.2, -0.15) is 0 Å². The molecule has 1 fully saturated rings. The Kier molecular flexibility index (Phi) is 4.72. The maximum absolute atomic E-state index is 11.7. The van der Waals surface area contributed by atoms with Gasteiger partial charge in [0, 0.05) is 6.04 Å². The lowest BCUT2D eigenvalue weighted by molar-refractivity contribution is 0.0526. The molecule has 0 spiro atoms. The first-order valence-electron chi connectivity index (χ1n) is 6.95. The molecule has 1 aromatic carbocycles. The Morgan fingerprint density at radius 1 is 1.38 bits per heavy atom. The Morgan fingerprint density at radius 3 is 2.67 bits per heavy atom. The minimum atomic E-state index is -2.89. The van der Waals surface area contributed by atoms with E-state index in [0.717, 1.165) is 0 Å². The summed E-state index contributed by atoms with van der Waals surface area (Å²) in [5.74, 6) is -0.0312. The quantitative estimate of drug-likeness (QED) is 0.645. The maximum Gasteiger partial charge on any atom is 0.338 e. The van der Waals surface area contributed by atoms with E-state index in [1.165, 1.54) is 0 Å². The predicted octanol–water partition coefficient (Wildman–Crippen LogP) is 1.43. The number of esters is 1. The number of nitrogens with two attached hydrogens (primary N) is 1. The van der Waals surface area contributed by atoms with Crippen LogP contribution in [-0.4, -0.2) is 38.5 Å². The lowest BCUT2D eigenvalue weighted by Crippen LogP contribution is -2.32. The summed E-state index contributed by atoms with van der Waals surface area (Å²) in [6.45, 7) is 2.06. The Hall–Kier alpha value is -1.76. The number of sulfone groups is 1. The zero-order valence-corrected chi connectivity index (χ0v) is 12.8. The highest BCUT2D eigenvalue weighted by atomic mass is 32.2. The van der Waals surface area contributed by atoms with Gasteiger partial charge in [-0.25, -0.2) is 13.2 Å². The number of hydrogen-bond acceptors (Lipinski definition) is 6. The third-order valence-corrected chi connectivity index (χ3v) is 5.19. The van der Waals surface area contributed by atoms with Gasteiger partial charge in [-0.3, -0.25) is 0 Å². The molecule has 21 heavy (non-hydrogen) atoms. The van der Waals surface area contributed by atoms with E-state index >= 15 is 0 Å². The summed E-state index contributed by atoms with van der Waals surface area (Å²) >= 11 is 0. The van der Waals surface area contributed by atoms with Crippen molar-refractivity contribution < 1.29 is 17.9 Å². The number of carbonyl (C=O) groups excluding carboxylic acids is 1. The molecule has 0 unspecified atom stereocenters. The van der Waals surface area contributed by atoms with Crippen LogP contribution in [-0.2, 0) is 14.6 Å². The van der Waals surface area contributed by atoms with Gasteiger partial charge in [0.05, 0.1) is 35.1 Å². The third-order valence-electron chi connectivity index (χ3n) is 3.48. The van der Waals surface area contributed by atoms with Gasteiger partial charge in [0.1, 0.15) is 9.84 Å². The first-order valence-corrected chi connectivity index (χ1v) is 8.77. The van der Waals surface area contributed by atoms with Crippen molar-refractivity contribution in [2.75, 3.05) is 29.2 Å².